The third kappa shape index (κ3) is 5.16. The van der Waals surface area contributed by atoms with E-state index < -0.39 is 0 Å². The van der Waals surface area contributed by atoms with Gasteiger partial charge in [0.25, 0.3) is 0 Å². The van der Waals surface area contributed by atoms with Crippen LogP contribution >= 0.6 is 0 Å². The summed E-state index contributed by atoms with van der Waals surface area (Å²) in [5.41, 5.74) is 4.93. The Balaban J connectivity index is 1.78. The molecule has 160 valence electrons. The highest BCUT2D eigenvalue weighted by Crippen LogP contribution is 2.40. The van der Waals surface area contributed by atoms with Crippen LogP contribution in [0.4, 0.5) is 0 Å². The van der Waals surface area contributed by atoms with Gasteiger partial charge in [0.1, 0.15) is 0 Å². The lowest BCUT2D eigenvalue weighted by atomic mass is 9.85. The van der Waals surface area contributed by atoms with Gasteiger partial charge >= 0.3 is 0 Å². The van der Waals surface area contributed by atoms with Gasteiger partial charge < -0.3 is 9.47 Å². The molecule has 1 atom stereocenters. The number of hydrogen-bond donors (Lipinski definition) is 0. The second-order valence-electron chi connectivity index (χ2n) is 8.25. The Morgan fingerprint density at radius 1 is 1.03 bits per heavy atom. The molecule has 1 unspecified atom stereocenters. The van der Waals surface area contributed by atoms with Crippen LogP contribution in [0.3, 0.4) is 0 Å². The van der Waals surface area contributed by atoms with E-state index in [2.05, 4.69) is 66.2 Å². The minimum absolute atomic E-state index is 0.212. The lowest BCUT2D eigenvalue weighted by Gasteiger charge is -2.24. The molecule has 0 N–H and O–H groups in total. The van der Waals surface area contributed by atoms with Crippen molar-refractivity contribution in [1.29, 1.82) is 0 Å². The van der Waals surface area contributed by atoms with Crippen LogP contribution in [0.15, 0.2) is 79.6 Å². The molecule has 1 aliphatic rings. The molecule has 1 aliphatic carbocycles. The first-order chi connectivity index (χ1) is 15.3. The van der Waals surface area contributed by atoms with Crippen LogP contribution in [-0.4, -0.2) is 18.2 Å². The van der Waals surface area contributed by atoms with Gasteiger partial charge in [0.2, 0.25) is 0 Å². The summed E-state index contributed by atoms with van der Waals surface area (Å²) >= 11 is 0. The molecule has 0 bridgehead atoms. The number of ether oxygens (including phenoxy) is 2. The maximum atomic E-state index is 6.49. The predicted molar refractivity (Wildman–Crippen MR) is 126 cm³/mol. The van der Waals surface area contributed by atoms with Crippen LogP contribution in [0, 0.1) is 0 Å². The zero-order valence-corrected chi connectivity index (χ0v) is 18.3. The summed E-state index contributed by atoms with van der Waals surface area (Å²) < 4.78 is 12.3. The normalized spacial score (nSPS) is 14.9. The van der Waals surface area contributed by atoms with Crippen molar-refractivity contribution in [2.45, 2.75) is 50.5 Å². The maximum absolute atomic E-state index is 6.49. The Morgan fingerprint density at radius 3 is 2.45 bits per heavy atom. The molecule has 0 saturated heterocycles. The van der Waals surface area contributed by atoms with Crippen LogP contribution in [0.1, 0.15) is 53.9 Å². The average Bonchev–Trinajstić information content (AvgIpc) is 3.32. The standard InChI is InChI=1S/C28H31NO2/c1-3-9-23-19-24(20-27(28(23)30-2)31-25-12-7-8-13-25)26(22-10-5-4-6-11-22)18-21-14-16-29-17-15-21/h3-6,10-11,14-17,19-20,25-26H,1,7-9,12-13,18H2,2H3. The molecule has 3 heteroatoms. The Bertz CT molecular complexity index is 979. The number of rotatable bonds is 9. The van der Waals surface area contributed by atoms with E-state index in [1.54, 1.807) is 7.11 Å². The van der Waals surface area contributed by atoms with Gasteiger partial charge in [-0.2, -0.15) is 0 Å². The van der Waals surface area contributed by atoms with E-state index in [4.69, 9.17) is 9.47 Å². The highest BCUT2D eigenvalue weighted by molar-refractivity contribution is 5.53. The Labute approximate surface area is 185 Å². The van der Waals surface area contributed by atoms with E-state index in [9.17, 15) is 0 Å². The van der Waals surface area contributed by atoms with E-state index in [-0.39, 0.29) is 12.0 Å². The van der Waals surface area contributed by atoms with Crippen molar-refractivity contribution in [3.8, 4) is 11.5 Å². The Hall–Kier alpha value is -3.07. The van der Waals surface area contributed by atoms with Crippen LogP contribution < -0.4 is 9.47 Å². The quantitative estimate of drug-likeness (QED) is 0.375. The summed E-state index contributed by atoms with van der Waals surface area (Å²) in [5, 5.41) is 0. The fourth-order valence-electron chi connectivity index (χ4n) is 4.56. The summed E-state index contributed by atoms with van der Waals surface area (Å²) in [4.78, 5) is 4.18. The van der Waals surface area contributed by atoms with Crippen molar-refractivity contribution in [1.82, 2.24) is 4.98 Å². The van der Waals surface area contributed by atoms with E-state index >= 15 is 0 Å². The van der Waals surface area contributed by atoms with Gasteiger partial charge in [0, 0.05) is 23.9 Å². The monoisotopic (exact) mass is 413 g/mol. The van der Waals surface area contributed by atoms with Gasteiger partial charge in [-0.15, -0.1) is 6.58 Å². The van der Waals surface area contributed by atoms with Crippen LogP contribution in [0.5, 0.6) is 11.5 Å². The fourth-order valence-corrected chi connectivity index (χ4v) is 4.56. The van der Waals surface area contributed by atoms with Crippen molar-refractivity contribution in [2.75, 3.05) is 7.11 Å². The number of methoxy groups -OCH3 is 1. The fraction of sp³-hybridized carbons (Fsp3) is 0.321. The van der Waals surface area contributed by atoms with E-state index in [0.717, 1.165) is 42.7 Å². The molecule has 31 heavy (non-hydrogen) atoms. The first-order valence-electron chi connectivity index (χ1n) is 11.2. The minimum Gasteiger partial charge on any atom is -0.493 e. The van der Waals surface area contributed by atoms with Crippen LogP contribution in [-0.2, 0) is 12.8 Å². The SMILES string of the molecule is C=CCc1cc(C(Cc2ccncc2)c2ccccc2)cc(OC2CCCC2)c1OC. The molecule has 3 aromatic rings. The van der Waals surface area contributed by atoms with Crippen molar-refractivity contribution in [3.63, 3.8) is 0 Å². The Morgan fingerprint density at radius 2 is 1.77 bits per heavy atom. The number of pyridine rings is 1. The highest BCUT2D eigenvalue weighted by Gasteiger charge is 2.23. The number of benzene rings is 2. The number of hydrogen-bond acceptors (Lipinski definition) is 3. The molecule has 1 fully saturated rings. The van der Waals surface area contributed by atoms with Gasteiger partial charge in [-0.05, 0) is 73.4 Å². The molecular formula is C28H31NO2. The smallest absolute Gasteiger partial charge is 0.164 e. The van der Waals surface area contributed by atoms with Gasteiger partial charge in [0.05, 0.1) is 13.2 Å². The predicted octanol–water partition coefficient (Wildman–Crippen LogP) is 6.51. The zero-order chi connectivity index (χ0) is 21.5. The van der Waals surface area contributed by atoms with Gasteiger partial charge in [-0.3, -0.25) is 4.98 Å². The summed E-state index contributed by atoms with van der Waals surface area (Å²) in [6.45, 7) is 3.96. The van der Waals surface area contributed by atoms with Gasteiger partial charge in [-0.1, -0.05) is 42.5 Å². The molecule has 1 heterocycles. The summed E-state index contributed by atoms with van der Waals surface area (Å²) in [7, 11) is 1.73. The van der Waals surface area contributed by atoms with Crippen molar-refractivity contribution in [3.05, 3.63) is 102 Å². The largest absolute Gasteiger partial charge is 0.493 e. The molecular weight excluding hydrogens is 382 g/mol. The molecule has 0 amide bonds. The van der Waals surface area contributed by atoms with Gasteiger partial charge in [-0.25, -0.2) is 0 Å². The molecule has 4 rings (SSSR count). The molecule has 1 saturated carbocycles. The topological polar surface area (TPSA) is 31.4 Å². The lowest BCUT2D eigenvalue weighted by Crippen LogP contribution is -2.13. The molecule has 3 nitrogen and oxygen atoms in total. The van der Waals surface area contributed by atoms with Crippen LogP contribution in [0.2, 0.25) is 0 Å². The molecule has 0 spiro atoms. The molecule has 0 aliphatic heterocycles. The summed E-state index contributed by atoms with van der Waals surface area (Å²) in [6.07, 6.45) is 12.3. The maximum Gasteiger partial charge on any atom is 0.164 e. The summed E-state index contributed by atoms with van der Waals surface area (Å²) in [5.74, 6) is 1.91. The van der Waals surface area contributed by atoms with Crippen LogP contribution in [0.25, 0.3) is 0 Å². The third-order valence-corrected chi connectivity index (χ3v) is 6.11. The van der Waals surface area contributed by atoms with Crippen molar-refractivity contribution in [2.24, 2.45) is 0 Å². The van der Waals surface area contributed by atoms with E-state index in [0.29, 0.717) is 0 Å². The lowest BCUT2D eigenvalue weighted by molar-refractivity contribution is 0.200. The first-order valence-corrected chi connectivity index (χ1v) is 11.2. The van der Waals surface area contributed by atoms with E-state index in [1.807, 2.05) is 18.5 Å². The molecule has 0 radical (unpaired) electrons. The molecule has 2 aromatic carbocycles. The number of nitrogens with zero attached hydrogens (tertiary/aromatic N) is 1. The van der Waals surface area contributed by atoms with Crippen molar-refractivity contribution < 1.29 is 9.47 Å². The average molecular weight is 414 g/mol. The second kappa shape index (κ2) is 10.3. The Kier molecular flexibility index (Phi) is 7.03. The third-order valence-electron chi connectivity index (χ3n) is 6.11. The first kappa shape index (κ1) is 21.2. The minimum atomic E-state index is 0.212. The zero-order valence-electron chi connectivity index (χ0n) is 18.3. The van der Waals surface area contributed by atoms with Gasteiger partial charge in [0.15, 0.2) is 11.5 Å². The number of allylic oxidation sites excluding steroid dienone is 1. The second-order valence-corrected chi connectivity index (χ2v) is 8.25. The summed E-state index contributed by atoms with van der Waals surface area (Å²) in [6, 6.07) is 19.4. The number of aromatic nitrogens is 1. The van der Waals surface area contributed by atoms with E-state index in [1.165, 1.54) is 29.5 Å². The highest BCUT2D eigenvalue weighted by atomic mass is 16.5. The molecule has 1 aromatic heterocycles. The van der Waals surface area contributed by atoms with Crippen molar-refractivity contribution >= 4 is 0 Å².